The van der Waals surface area contributed by atoms with Crippen LogP contribution in [0, 0.1) is 6.92 Å². The molecule has 0 aliphatic rings. The van der Waals surface area contributed by atoms with E-state index in [1.165, 1.54) is 19.2 Å². The largest absolute Gasteiger partial charge is 0.508 e. The summed E-state index contributed by atoms with van der Waals surface area (Å²) in [6.45, 7) is 3.78. The monoisotopic (exact) mass is 310 g/mol. The van der Waals surface area contributed by atoms with Gasteiger partial charge in [-0.1, -0.05) is 6.08 Å². The third kappa shape index (κ3) is 3.78. The summed E-state index contributed by atoms with van der Waals surface area (Å²) < 4.78 is 10.2. The molecule has 0 aromatic heterocycles. The maximum atomic E-state index is 11.7. The quantitative estimate of drug-likeness (QED) is 0.543. The van der Waals surface area contributed by atoms with E-state index in [-0.39, 0.29) is 17.1 Å². The normalized spacial score (nSPS) is 14.4. The van der Waals surface area contributed by atoms with Crippen molar-refractivity contribution < 1.29 is 29.6 Å². The van der Waals surface area contributed by atoms with Gasteiger partial charge < -0.3 is 24.8 Å². The number of carbonyl (C=O) groups is 1. The highest BCUT2D eigenvalue weighted by Gasteiger charge is 2.34. The van der Waals surface area contributed by atoms with Gasteiger partial charge in [-0.25, -0.2) is 4.79 Å². The molecule has 1 aromatic carbocycles. The number of hydrogen-bond acceptors (Lipinski definition) is 6. The number of allylic oxidation sites excluding steroid dienone is 1. The van der Waals surface area contributed by atoms with E-state index in [9.17, 15) is 20.1 Å². The van der Waals surface area contributed by atoms with Gasteiger partial charge in [-0.15, -0.1) is 0 Å². The van der Waals surface area contributed by atoms with Gasteiger partial charge in [0.25, 0.3) is 0 Å². The van der Waals surface area contributed by atoms with E-state index in [4.69, 9.17) is 9.47 Å². The molecule has 0 aliphatic heterocycles. The van der Waals surface area contributed by atoms with E-state index in [2.05, 4.69) is 0 Å². The second-order valence-corrected chi connectivity index (χ2v) is 5.08. The van der Waals surface area contributed by atoms with Gasteiger partial charge in [-0.05, 0) is 38.5 Å². The first-order valence-corrected chi connectivity index (χ1v) is 6.80. The molecule has 3 N–H and O–H groups in total. The van der Waals surface area contributed by atoms with Crippen LogP contribution >= 0.6 is 0 Å². The highest BCUT2D eigenvalue weighted by Crippen LogP contribution is 2.35. The molecule has 0 amide bonds. The number of hydrogen-bond donors (Lipinski definition) is 3. The lowest BCUT2D eigenvalue weighted by Crippen LogP contribution is -2.37. The summed E-state index contributed by atoms with van der Waals surface area (Å²) in [5.74, 6) is -0.367. The molecule has 0 aliphatic carbocycles. The fourth-order valence-corrected chi connectivity index (χ4v) is 1.83. The lowest BCUT2D eigenvalue weighted by Gasteiger charge is -2.28. The molecule has 22 heavy (non-hydrogen) atoms. The lowest BCUT2D eigenvalue weighted by molar-refractivity contribution is -0.150. The van der Waals surface area contributed by atoms with Crippen LogP contribution < -0.4 is 4.74 Å². The van der Waals surface area contributed by atoms with Crippen LogP contribution in [0.4, 0.5) is 0 Å². The van der Waals surface area contributed by atoms with Crippen molar-refractivity contribution in [3.05, 3.63) is 34.9 Å². The Morgan fingerprint density at radius 1 is 1.41 bits per heavy atom. The average Bonchev–Trinajstić information content (AvgIpc) is 2.53. The summed E-state index contributed by atoms with van der Waals surface area (Å²) in [5, 5.41) is 29.9. The summed E-state index contributed by atoms with van der Waals surface area (Å²) >= 11 is 0. The Balaban J connectivity index is 3.13. The molecule has 0 spiro atoms. The molecular formula is C16H22O6. The van der Waals surface area contributed by atoms with Crippen LogP contribution in [0.5, 0.6) is 11.5 Å². The number of benzene rings is 1. The number of phenols is 1. The van der Waals surface area contributed by atoms with E-state index >= 15 is 0 Å². The summed E-state index contributed by atoms with van der Waals surface area (Å²) in [7, 11) is 1.41. The molecule has 1 atom stereocenters. The topological polar surface area (TPSA) is 96.2 Å². The van der Waals surface area contributed by atoms with Gasteiger partial charge in [0, 0.05) is 11.1 Å². The van der Waals surface area contributed by atoms with Gasteiger partial charge in [0.1, 0.15) is 18.1 Å². The molecule has 1 rings (SSSR count). The van der Waals surface area contributed by atoms with Crippen LogP contribution in [-0.2, 0) is 15.1 Å². The minimum absolute atomic E-state index is 0.0568. The molecule has 6 heteroatoms. The number of ether oxygens (including phenoxy) is 2. The third-order valence-electron chi connectivity index (χ3n) is 3.48. The number of aliphatic hydroxyl groups excluding tert-OH is 1. The van der Waals surface area contributed by atoms with Crippen molar-refractivity contribution in [1.29, 1.82) is 0 Å². The molecule has 0 saturated carbocycles. The summed E-state index contributed by atoms with van der Waals surface area (Å²) in [6.07, 6.45) is 1.58. The molecule has 1 unspecified atom stereocenters. The highest BCUT2D eigenvalue weighted by molar-refractivity contribution is 5.87. The molecule has 0 heterocycles. The molecular weight excluding hydrogens is 288 g/mol. The van der Waals surface area contributed by atoms with Gasteiger partial charge in [-0.3, -0.25) is 0 Å². The van der Waals surface area contributed by atoms with Gasteiger partial charge in [-0.2, -0.15) is 0 Å². The van der Waals surface area contributed by atoms with Crippen molar-refractivity contribution in [3.8, 4) is 11.5 Å². The van der Waals surface area contributed by atoms with Crippen LogP contribution in [0.15, 0.2) is 23.8 Å². The zero-order valence-electron chi connectivity index (χ0n) is 13.2. The van der Waals surface area contributed by atoms with E-state index in [1.54, 1.807) is 26.8 Å². The van der Waals surface area contributed by atoms with Crippen molar-refractivity contribution >= 4 is 5.97 Å². The first-order valence-electron chi connectivity index (χ1n) is 6.80. The van der Waals surface area contributed by atoms with Crippen LogP contribution in [-0.4, -0.2) is 41.6 Å². The predicted molar refractivity (Wildman–Crippen MR) is 80.8 cm³/mol. The first kappa shape index (κ1) is 18.0. The van der Waals surface area contributed by atoms with Crippen molar-refractivity contribution in [2.45, 2.75) is 26.4 Å². The first-order chi connectivity index (χ1) is 10.3. The Bertz CT molecular complexity index is 578. The fourth-order valence-electron chi connectivity index (χ4n) is 1.83. The average molecular weight is 310 g/mol. The Hall–Kier alpha value is -2.05. The smallest absolute Gasteiger partial charge is 0.333 e. The number of rotatable bonds is 6. The summed E-state index contributed by atoms with van der Waals surface area (Å²) in [5.41, 5.74) is -0.784. The zero-order chi connectivity index (χ0) is 16.9. The van der Waals surface area contributed by atoms with Crippen molar-refractivity contribution in [1.82, 2.24) is 0 Å². The SMILES string of the molecule is CC=C(C)C(=O)OCC(O)(CO)c1cc(O)c(C)cc1OC. The number of methoxy groups -OCH3 is 1. The molecule has 0 fully saturated rings. The molecule has 0 bridgehead atoms. The van der Waals surface area contributed by atoms with Crippen molar-refractivity contribution in [2.24, 2.45) is 0 Å². The van der Waals surface area contributed by atoms with Crippen LogP contribution in [0.2, 0.25) is 0 Å². The summed E-state index contributed by atoms with van der Waals surface area (Å²) in [4.78, 5) is 11.7. The number of aliphatic hydroxyl groups is 2. The minimum atomic E-state index is -1.87. The lowest BCUT2D eigenvalue weighted by atomic mass is 9.93. The highest BCUT2D eigenvalue weighted by atomic mass is 16.5. The Morgan fingerprint density at radius 3 is 2.55 bits per heavy atom. The Morgan fingerprint density at radius 2 is 2.05 bits per heavy atom. The third-order valence-corrected chi connectivity index (χ3v) is 3.48. The van der Waals surface area contributed by atoms with E-state index in [1.807, 2.05) is 0 Å². The number of phenolic OH excluding ortho intramolecular Hbond substituents is 1. The van der Waals surface area contributed by atoms with Crippen LogP contribution in [0.3, 0.4) is 0 Å². The molecule has 0 saturated heterocycles. The predicted octanol–water partition coefficient (Wildman–Crippen LogP) is 1.40. The van der Waals surface area contributed by atoms with Crippen molar-refractivity contribution in [3.63, 3.8) is 0 Å². The number of aryl methyl sites for hydroxylation is 1. The second-order valence-electron chi connectivity index (χ2n) is 5.08. The zero-order valence-corrected chi connectivity index (χ0v) is 13.2. The van der Waals surface area contributed by atoms with Crippen LogP contribution in [0.25, 0.3) is 0 Å². The number of carbonyl (C=O) groups excluding carboxylic acids is 1. The molecule has 1 aromatic rings. The number of aromatic hydroxyl groups is 1. The Labute approximate surface area is 129 Å². The second kappa shape index (κ2) is 7.29. The van der Waals surface area contributed by atoms with Gasteiger partial charge in [0.05, 0.1) is 13.7 Å². The van der Waals surface area contributed by atoms with E-state index in [0.29, 0.717) is 11.1 Å². The Kier molecular flexibility index (Phi) is 5.96. The maximum absolute atomic E-state index is 11.7. The van der Waals surface area contributed by atoms with Crippen molar-refractivity contribution in [2.75, 3.05) is 20.3 Å². The standard InChI is InChI=1S/C16H22O6/c1-5-10(2)15(19)22-9-16(20,8-17)12-7-13(18)11(3)6-14(12)21-4/h5-7,17-18,20H,8-9H2,1-4H3. The fraction of sp³-hybridized carbons (Fsp3) is 0.438. The van der Waals surface area contributed by atoms with E-state index in [0.717, 1.165) is 0 Å². The summed E-state index contributed by atoms with van der Waals surface area (Å²) in [6, 6.07) is 2.82. The van der Waals surface area contributed by atoms with Gasteiger partial charge in [0.15, 0.2) is 5.60 Å². The van der Waals surface area contributed by atoms with E-state index < -0.39 is 24.8 Å². The van der Waals surface area contributed by atoms with Gasteiger partial charge >= 0.3 is 5.97 Å². The van der Waals surface area contributed by atoms with Crippen LogP contribution in [0.1, 0.15) is 25.0 Å². The number of esters is 1. The molecule has 0 radical (unpaired) electrons. The molecule has 122 valence electrons. The van der Waals surface area contributed by atoms with Gasteiger partial charge in [0.2, 0.25) is 0 Å². The molecule has 6 nitrogen and oxygen atoms in total. The minimum Gasteiger partial charge on any atom is -0.508 e. The maximum Gasteiger partial charge on any atom is 0.333 e.